The third-order valence-electron chi connectivity index (χ3n) is 4.97. The summed E-state index contributed by atoms with van der Waals surface area (Å²) in [4.78, 5) is 14.1. The molecule has 0 bridgehead atoms. The summed E-state index contributed by atoms with van der Waals surface area (Å²) in [6.45, 7) is 10.7. The van der Waals surface area contributed by atoms with Gasteiger partial charge in [-0.3, -0.25) is 0 Å². The number of rotatable bonds is 5. The van der Waals surface area contributed by atoms with E-state index in [1.54, 1.807) is 0 Å². The maximum atomic E-state index is 12.2. The van der Waals surface area contributed by atoms with Gasteiger partial charge in [0.05, 0.1) is 0 Å². The molecule has 1 heterocycles. The average Bonchev–Trinajstić information content (AvgIpc) is 3.07. The zero-order valence-electron chi connectivity index (χ0n) is 14.9. The van der Waals surface area contributed by atoms with Crippen LogP contribution in [0.5, 0.6) is 0 Å². The molecular formula is C18H34N2O2. The van der Waals surface area contributed by atoms with Gasteiger partial charge in [0.1, 0.15) is 5.60 Å². The molecule has 0 radical (unpaired) electrons. The van der Waals surface area contributed by atoms with Crippen molar-refractivity contribution in [3.8, 4) is 0 Å². The highest BCUT2D eigenvalue weighted by Crippen LogP contribution is 2.32. The van der Waals surface area contributed by atoms with Crippen LogP contribution in [0.25, 0.3) is 0 Å². The summed E-state index contributed by atoms with van der Waals surface area (Å²) in [6.07, 6.45) is 7.82. The molecule has 4 heteroatoms. The first kappa shape index (κ1) is 17.6. The first-order valence-electron chi connectivity index (χ1n) is 9.10. The molecule has 0 aromatic carbocycles. The van der Waals surface area contributed by atoms with Gasteiger partial charge in [-0.05, 0) is 52.0 Å². The lowest BCUT2D eigenvalue weighted by Crippen LogP contribution is -2.40. The summed E-state index contributed by atoms with van der Waals surface area (Å²) in [5.41, 5.74) is -0.403. The summed E-state index contributed by atoms with van der Waals surface area (Å²) in [7, 11) is 0. The van der Waals surface area contributed by atoms with Crippen molar-refractivity contribution >= 4 is 6.09 Å². The Balaban J connectivity index is 1.86. The molecule has 128 valence electrons. The molecule has 22 heavy (non-hydrogen) atoms. The van der Waals surface area contributed by atoms with Crippen molar-refractivity contribution in [1.29, 1.82) is 0 Å². The van der Waals surface area contributed by atoms with Crippen molar-refractivity contribution in [2.45, 2.75) is 77.9 Å². The fourth-order valence-electron chi connectivity index (χ4n) is 3.92. The number of nitrogens with one attached hydrogen (secondary N) is 1. The smallest absolute Gasteiger partial charge is 0.410 e. The lowest BCUT2D eigenvalue weighted by atomic mass is 9.89. The van der Waals surface area contributed by atoms with Crippen LogP contribution in [-0.2, 0) is 4.74 Å². The Kier molecular flexibility index (Phi) is 6.13. The first-order valence-corrected chi connectivity index (χ1v) is 9.10. The highest BCUT2D eigenvalue weighted by atomic mass is 16.6. The van der Waals surface area contributed by atoms with Gasteiger partial charge < -0.3 is 15.0 Å². The summed E-state index contributed by atoms with van der Waals surface area (Å²) in [5.74, 6) is 1.47. The molecule has 0 aromatic heterocycles. The van der Waals surface area contributed by atoms with Crippen molar-refractivity contribution in [3.05, 3.63) is 0 Å². The number of likely N-dealkylation sites (tertiary alicyclic amines) is 1. The minimum absolute atomic E-state index is 0.147. The van der Waals surface area contributed by atoms with Crippen LogP contribution in [-0.4, -0.2) is 42.3 Å². The maximum Gasteiger partial charge on any atom is 0.410 e. The third-order valence-corrected chi connectivity index (χ3v) is 4.97. The van der Waals surface area contributed by atoms with Gasteiger partial charge in [0.25, 0.3) is 0 Å². The normalized spacial score (nSPS) is 24.7. The van der Waals surface area contributed by atoms with Gasteiger partial charge in [-0.25, -0.2) is 4.79 Å². The summed E-state index contributed by atoms with van der Waals surface area (Å²) >= 11 is 0. The molecule has 0 spiro atoms. The van der Waals surface area contributed by atoms with Crippen molar-refractivity contribution in [2.24, 2.45) is 11.8 Å². The van der Waals surface area contributed by atoms with Crippen LogP contribution >= 0.6 is 0 Å². The highest BCUT2D eigenvalue weighted by Gasteiger charge is 2.34. The zero-order chi connectivity index (χ0) is 16.2. The maximum absolute atomic E-state index is 12.2. The molecule has 2 fully saturated rings. The molecule has 0 aromatic rings. The van der Waals surface area contributed by atoms with Crippen LogP contribution in [0.4, 0.5) is 4.79 Å². The molecule has 1 N–H and O–H groups in total. The topological polar surface area (TPSA) is 41.6 Å². The van der Waals surface area contributed by atoms with Crippen LogP contribution in [0.1, 0.15) is 66.2 Å². The second-order valence-corrected chi connectivity index (χ2v) is 8.03. The summed E-state index contributed by atoms with van der Waals surface area (Å²) < 4.78 is 5.51. The molecule has 1 aliphatic carbocycles. The van der Waals surface area contributed by atoms with Crippen molar-refractivity contribution in [2.75, 3.05) is 19.6 Å². The second-order valence-electron chi connectivity index (χ2n) is 8.03. The van der Waals surface area contributed by atoms with Gasteiger partial charge in [-0.15, -0.1) is 0 Å². The molecule has 4 nitrogen and oxygen atoms in total. The van der Waals surface area contributed by atoms with Gasteiger partial charge in [-0.2, -0.15) is 0 Å². The van der Waals surface area contributed by atoms with E-state index in [1.165, 1.54) is 32.1 Å². The monoisotopic (exact) mass is 310 g/mol. The fourth-order valence-corrected chi connectivity index (χ4v) is 3.92. The quantitative estimate of drug-likeness (QED) is 0.839. The molecule has 2 unspecified atom stereocenters. The van der Waals surface area contributed by atoms with Crippen molar-refractivity contribution in [3.63, 3.8) is 0 Å². The Labute approximate surface area is 136 Å². The summed E-state index contributed by atoms with van der Waals surface area (Å²) in [6, 6.07) is 0.556. The highest BCUT2D eigenvalue weighted by molar-refractivity contribution is 5.68. The van der Waals surface area contributed by atoms with Gasteiger partial charge in [0, 0.05) is 19.1 Å². The molecule has 1 saturated carbocycles. The fraction of sp³-hybridized carbons (Fsp3) is 0.944. The predicted octanol–water partition coefficient (Wildman–Crippen LogP) is 3.80. The van der Waals surface area contributed by atoms with Gasteiger partial charge >= 0.3 is 6.09 Å². The van der Waals surface area contributed by atoms with Crippen LogP contribution in [0.2, 0.25) is 0 Å². The molecule has 1 aliphatic heterocycles. The van der Waals surface area contributed by atoms with E-state index >= 15 is 0 Å². The molecule has 1 saturated heterocycles. The molecule has 2 aliphatic rings. The summed E-state index contributed by atoms with van der Waals surface area (Å²) in [5, 5.41) is 3.68. The minimum Gasteiger partial charge on any atom is -0.444 e. The van der Waals surface area contributed by atoms with Crippen molar-refractivity contribution < 1.29 is 9.53 Å². The van der Waals surface area contributed by atoms with E-state index in [4.69, 9.17) is 4.74 Å². The lowest BCUT2D eigenvalue weighted by Gasteiger charge is -2.28. The van der Waals surface area contributed by atoms with Crippen LogP contribution in [0.3, 0.4) is 0 Å². The van der Waals surface area contributed by atoms with Gasteiger partial charge in [0.15, 0.2) is 0 Å². The van der Waals surface area contributed by atoms with E-state index in [0.29, 0.717) is 12.0 Å². The molecule has 2 atom stereocenters. The standard InChI is InChI=1S/C18H34N2O2/c1-5-19-16(12-14-8-6-7-9-14)15-10-11-20(13-15)17(21)22-18(2,3)4/h14-16,19H,5-13H2,1-4H3. The first-order chi connectivity index (χ1) is 10.4. The molecule has 1 amide bonds. The Bertz CT molecular complexity index is 359. The van der Waals surface area contributed by atoms with Crippen LogP contribution in [0, 0.1) is 11.8 Å². The number of hydrogen-bond donors (Lipinski definition) is 1. The van der Waals surface area contributed by atoms with Gasteiger partial charge in [-0.1, -0.05) is 32.6 Å². The number of ether oxygens (including phenoxy) is 1. The average molecular weight is 310 g/mol. The Hall–Kier alpha value is -0.770. The minimum atomic E-state index is -0.403. The Morgan fingerprint density at radius 2 is 1.95 bits per heavy atom. The number of carbonyl (C=O) groups is 1. The van der Waals surface area contributed by atoms with E-state index in [0.717, 1.165) is 32.0 Å². The van der Waals surface area contributed by atoms with E-state index in [9.17, 15) is 4.79 Å². The number of amides is 1. The SMILES string of the molecule is CCNC(CC1CCCC1)C1CCN(C(=O)OC(C)(C)C)C1. The number of nitrogens with zero attached hydrogens (tertiary/aromatic N) is 1. The Morgan fingerprint density at radius 1 is 1.27 bits per heavy atom. The van der Waals surface area contributed by atoms with E-state index in [-0.39, 0.29) is 6.09 Å². The third kappa shape index (κ3) is 5.15. The molecule has 2 rings (SSSR count). The van der Waals surface area contributed by atoms with Gasteiger partial charge in [0.2, 0.25) is 0 Å². The van der Waals surface area contributed by atoms with Crippen molar-refractivity contribution in [1.82, 2.24) is 10.2 Å². The van der Waals surface area contributed by atoms with E-state index in [1.807, 2.05) is 25.7 Å². The second kappa shape index (κ2) is 7.67. The number of carbonyl (C=O) groups excluding carboxylic acids is 1. The predicted molar refractivity (Wildman–Crippen MR) is 90.0 cm³/mol. The van der Waals surface area contributed by atoms with Crippen LogP contribution in [0.15, 0.2) is 0 Å². The van der Waals surface area contributed by atoms with Crippen LogP contribution < -0.4 is 5.32 Å². The number of hydrogen-bond acceptors (Lipinski definition) is 3. The Morgan fingerprint density at radius 3 is 2.55 bits per heavy atom. The van der Waals surface area contributed by atoms with E-state index in [2.05, 4.69) is 12.2 Å². The zero-order valence-corrected chi connectivity index (χ0v) is 14.9. The lowest BCUT2D eigenvalue weighted by molar-refractivity contribution is 0.0285. The van der Waals surface area contributed by atoms with E-state index < -0.39 is 5.60 Å². The largest absolute Gasteiger partial charge is 0.444 e. The molecular weight excluding hydrogens is 276 g/mol.